The van der Waals surface area contributed by atoms with Crippen LogP contribution < -0.4 is 0 Å². The van der Waals surface area contributed by atoms with Crippen molar-refractivity contribution in [1.82, 2.24) is 4.98 Å². The van der Waals surface area contributed by atoms with E-state index in [-0.39, 0.29) is 5.97 Å². The van der Waals surface area contributed by atoms with Crippen LogP contribution in [0.2, 0.25) is 0 Å². The Labute approximate surface area is 110 Å². The second-order valence-corrected chi connectivity index (χ2v) is 4.60. The van der Waals surface area contributed by atoms with Crippen molar-refractivity contribution in [1.29, 1.82) is 0 Å². The highest BCUT2D eigenvalue weighted by Gasteiger charge is 2.10. The lowest BCUT2D eigenvalue weighted by Gasteiger charge is -2.06. The van der Waals surface area contributed by atoms with Gasteiger partial charge in [0, 0.05) is 11.9 Å². The fraction of sp³-hybridized carbons (Fsp3) is 0.143. The molecule has 0 spiro atoms. The molecule has 0 aliphatic heterocycles. The first-order valence-corrected chi connectivity index (χ1v) is 6.50. The zero-order valence-electron chi connectivity index (χ0n) is 10.00. The number of hydrogen-bond donors (Lipinski definition) is 0. The number of methoxy groups -OCH3 is 1. The van der Waals surface area contributed by atoms with Crippen LogP contribution >= 0.6 is 11.8 Å². The molecule has 1 aromatic carbocycles. The van der Waals surface area contributed by atoms with Gasteiger partial charge in [-0.1, -0.05) is 24.3 Å². The third kappa shape index (κ3) is 3.11. The van der Waals surface area contributed by atoms with E-state index < -0.39 is 0 Å². The van der Waals surface area contributed by atoms with Crippen molar-refractivity contribution >= 4 is 17.7 Å². The number of benzene rings is 1. The molecule has 0 fully saturated rings. The number of thioether (sulfide) groups is 1. The second kappa shape index (κ2) is 6.21. The average Bonchev–Trinajstić information content (AvgIpc) is 2.45. The highest BCUT2D eigenvalue weighted by atomic mass is 32.2. The van der Waals surface area contributed by atoms with Crippen molar-refractivity contribution in [2.45, 2.75) is 10.8 Å². The van der Waals surface area contributed by atoms with Crippen LogP contribution in [0.15, 0.2) is 53.7 Å². The maximum Gasteiger partial charge on any atom is 0.338 e. The van der Waals surface area contributed by atoms with Gasteiger partial charge in [-0.2, -0.15) is 0 Å². The molecule has 0 atom stereocenters. The zero-order chi connectivity index (χ0) is 12.8. The molecule has 0 amide bonds. The first-order chi connectivity index (χ1) is 8.81. The van der Waals surface area contributed by atoms with Gasteiger partial charge in [-0.25, -0.2) is 9.78 Å². The minimum atomic E-state index is -0.299. The van der Waals surface area contributed by atoms with Gasteiger partial charge in [0.2, 0.25) is 0 Å². The predicted molar refractivity (Wildman–Crippen MR) is 71.6 cm³/mol. The molecule has 0 aliphatic carbocycles. The van der Waals surface area contributed by atoms with E-state index >= 15 is 0 Å². The fourth-order valence-electron chi connectivity index (χ4n) is 1.54. The largest absolute Gasteiger partial charge is 0.465 e. The van der Waals surface area contributed by atoms with Crippen LogP contribution in [0.3, 0.4) is 0 Å². The molecule has 2 rings (SSSR count). The van der Waals surface area contributed by atoms with Gasteiger partial charge in [0.25, 0.3) is 0 Å². The lowest BCUT2D eigenvalue weighted by atomic mass is 10.1. The van der Waals surface area contributed by atoms with E-state index in [9.17, 15) is 4.79 Å². The number of hydrogen-bond acceptors (Lipinski definition) is 4. The van der Waals surface area contributed by atoms with Crippen molar-refractivity contribution < 1.29 is 9.53 Å². The van der Waals surface area contributed by atoms with Crippen LogP contribution in [0.5, 0.6) is 0 Å². The fourth-order valence-corrected chi connectivity index (χ4v) is 2.40. The number of rotatable bonds is 4. The highest BCUT2D eigenvalue weighted by molar-refractivity contribution is 7.98. The van der Waals surface area contributed by atoms with Crippen LogP contribution in [-0.4, -0.2) is 18.1 Å². The summed E-state index contributed by atoms with van der Waals surface area (Å²) >= 11 is 1.60. The molecular formula is C14H13NO2S. The number of aromatic nitrogens is 1. The van der Waals surface area contributed by atoms with E-state index in [0.29, 0.717) is 11.3 Å². The number of carbonyl (C=O) groups is 1. The standard InChI is InChI=1S/C14H13NO2S/c1-17-14(16)12-7-3-2-6-11(12)10-18-13-8-4-5-9-15-13/h2-9H,10H2,1H3. The summed E-state index contributed by atoms with van der Waals surface area (Å²) in [7, 11) is 1.39. The third-order valence-corrected chi connectivity index (χ3v) is 3.43. The summed E-state index contributed by atoms with van der Waals surface area (Å²) in [6.45, 7) is 0. The lowest BCUT2D eigenvalue weighted by Crippen LogP contribution is -2.04. The first-order valence-electron chi connectivity index (χ1n) is 5.51. The lowest BCUT2D eigenvalue weighted by molar-refractivity contribution is 0.0600. The van der Waals surface area contributed by atoms with E-state index in [2.05, 4.69) is 4.98 Å². The van der Waals surface area contributed by atoms with Gasteiger partial charge >= 0.3 is 5.97 Å². The predicted octanol–water partition coefficient (Wildman–Crippen LogP) is 3.16. The topological polar surface area (TPSA) is 39.2 Å². The third-order valence-electron chi connectivity index (χ3n) is 2.44. The molecule has 92 valence electrons. The summed E-state index contributed by atoms with van der Waals surface area (Å²) in [6.07, 6.45) is 1.76. The van der Waals surface area contributed by atoms with Crippen molar-refractivity contribution in [3.63, 3.8) is 0 Å². The Morgan fingerprint density at radius 3 is 2.72 bits per heavy atom. The second-order valence-electron chi connectivity index (χ2n) is 3.61. The molecule has 1 aromatic heterocycles. The monoisotopic (exact) mass is 259 g/mol. The summed E-state index contributed by atoms with van der Waals surface area (Å²) in [4.78, 5) is 15.8. The van der Waals surface area contributed by atoms with Gasteiger partial charge in [0.05, 0.1) is 17.7 Å². The van der Waals surface area contributed by atoms with Gasteiger partial charge in [0.1, 0.15) is 0 Å². The zero-order valence-corrected chi connectivity index (χ0v) is 10.8. The SMILES string of the molecule is COC(=O)c1ccccc1CSc1ccccn1. The molecule has 0 aliphatic rings. The Hall–Kier alpha value is -1.81. The Morgan fingerprint density at radius 1 is 1.22 bits per heavy atom. The highest BCUT2D eigenvalue weighted by Crippen LogP contribution is 2.22. The van der Waals surface area contributed by atoms with Gasteiger partial charge in [-0.15, -0.1) is 11.8 Å². The molecule has 0 N–H and O–H groups in total. The molecule has 3 nitrogen and oxygen atoms in total. The Kier molecular flexibility index (Phi) is 4.36. The minimum Gasteiger partial charge on any atom is -0.465 e. The number of esters is 1. The van der Waals surface area contributed by atoms with Crippen molar-refractivity contribution in [3.8, 4) is 0 Å². The van der Waals surface area contributed by atoms with Gasteiger partial charge < -0.3 is 4.74 Å². The molecule has 0 bridgehead atoms. The van der Waals surface area contributed by atoms with Gasteiger partial charge in [0.15, 0.2) is 0 Å². The molecule has 0 saturated carbocycles. The van der Waals surface area contributed by atoms with E-state index in [0.717, 1.165) is 10.6 Å². The average molecular weight is 259 g/mol. The number of ether oxygens (including phenoxy) is 1. The molecule has 2 aromatic rings. The molecule has 18 heavy (non-hydrogen) atoms. The summed E-state index contributed by atoms with van der Waals surface area (Å²) in [5.74, 6) is 0.398. The molecule has 0 radical (unpaired) electrons. The van der Waals surface area contributed by atoms with E-state index in [4.69, 9.17) is 4.74 Å². The van der Waals surface area contributed by atoms with Crippen molar-refractivity contribution in [3.05, 3.63) is 59.8 Å². The van der Waals surface area contributed by atoms with Crippen LogP contribution in [0.25, 0.3) is 0 Å². The molecule has 1 heterocycles. The maximum atomic E-state index is 11.6. The Balaban J connectivity index is 2.12. The number of pyridine rings is 1. The molecule has 0 saturated heterocycles. The van der Waals surface area contributed by atoms with Crippen molar-refractivity contribution in [2.75, 3.05) is 7.11 Å². The summed E-state index contributed by atoms with van der Waals surface area (Å²) in [5.41, 5.74) is 1.57. The maximum absolute atomic E-state index is 11.6. The van der Waals surface area contributed by atoms with E-state index in [1.165, 1.54) is 7.11 Å². The molecule has 0 unspecified atom stereocenters. The number of carbonyl (C=O) groups excluding carboxylic acids is 1. The Bertz CT molecular complexity index is 528. The van der Waals surface area contributed by atoms with Gasteiger partial charge in [-0.3, -0.25) is 0 Å². The van der Waals surface area contributed by atoms with Crippen LogP contribution in [-0.2, 0) is 10.5 Å². The van der Waals surface area contributed by atoms with Crippen LogP contribution in [0.4, 0.5) is 0 Å². The summed E-state index contributed by atoms with van der Waals surface area (Å²) in [5, 5.41) is 0.942. The molecule has 4 heteroatoms. The van der Waals surface area contributed by atoms with E-state index in [1.807, 2.05) is 36.4 Å². The smallest absolute Gasteiger partial charge is 0.338 e. The van der Waals surface area contributed by atoms with E-state index in [1.54, 1.807) is 24.0 Å². The summed E-state index contributed by atoms with van der Waals surface area (Å²) < 4.78 is 4.77. The van der Waals surface area contributed by atoms with Crippen LogP contribution in [0.1, 0.15) is 15.9 Å². The normalized spacial score (nSPS) is 10.1. The minimum absolute atomic E-state index is 0.299. The first kappa shape index (κ1) is 12.6. The van der Waals surface area contributed by atoms with Gasteiger partial charge in [-0.05, 0) is 23.8 Å². The number of nitrogens with zero attached hydrogens (tertiary/aromatic N) is 1. The summed E-state index contributed by atoms with van der Waals surface area (Å²) in [6, 6.07) is 13.2. The molecular weight excluding hydrogens is 246 g/mol. The Morgan fingerprint density at radius 2 is 2.00 bits per heavy atom. The van der Waals surface area contributed by atoms with Crippen LogP contribution in [0, 0.1) is 0 Å². The van der Waals surface area contributed by atoms with Crippen molar-refractivity contribution in [2.24, 2.45) is 0 Å². The quantitative estimate of drug-likeness (QED) is 0.624.